The zero-order valence-electron chi connectivity index (χ0n) is 10.0. The molecule has 15 heavy (non-hydrogen) atoms. The molecule has 0 saturated carbocycles. The molecule has 2 heteroatoms. The largest absolute Gasteiger partial charge is 0.490 e. The van der Waals surface area contributed by atoms with Crippen LogP contribution in [0.1, 0.15) is 34.1 Å². The third kappa shape index (κ3) is 4.34. The minimum atomic E-state index is -0.786. The van der Waals surface area contributed by atoms with E-state index >= 15 is 0 Å². The van der Waals surface area contributed by atoms with Gasteiger partial charge in [0.1, 0.15) is 12.4 Å². The summed E-state index contributed by atoms with van der Waals surface area (Å²) in [5.41, 5.74) is 1.66. The predicted octanol–water partition coefficient (Wildman–Crippen LogP) is 2.95. The Morgan fingerprint density at radius 1 is 1.40 bits per heavy atom. The van der Waals surface area contributed by atoms with E-state index in [9.17, 15) is 5.11 Å². The summed E-state index contributed by atoms with van der Waals surface area (Å²) in [5.74, 6) is 0.856. The van der Waals surface area contributed by atoms with Gasteiger partial charge in [0.25, 0.3) is 0 Å². The van der Waals surface area contributed by atoms with Crippen molar-refractivity contribution in [1.29, 1.82) is 0 Å². The Morgan fingerprint density at radius 3 is 2.67 bits per heavy atom. The molecule has 0 amide bonds. The Bertz CT molecular complexity index is 314. The van der Waals surface area contributed by atoms with Gasteiger partial charge in [-0.2, -0.15) is 0 Å². The highest BCUT2D eigenvalue weighted by Gasteiger charge is 2.14. The summed E-state index contributed by atoms with van der Waals surface area (Å²) in [4.78, 5) is 0. The number of aliphatic hydroxyl groups is 1. The lowest BCUT2D eigenvalue weighted by atomic mass is 10.1. The van der Waals surface area contributed by atoms with Crippen LogP contribution in [0.5, 0.6) is 0 Å². The van der Waals surface area contributed by atoms with E-state index < -0.39 is 5.60 Å². The molecule has 0 heterocycles. The van der Waals surface area contributed by atoms with Crippen molar-refractivity contribution in [1.82, 2.24) is 0 Å². The van der Waals surface area contributed by atoms with E-state index in [1.165, 1.54) is 5.57 Å². The summed E-state index contributed by atoms with van der Waals surface area (Å²) < 4.78 is 5.59. The van der Waals surface area contributed by atoms with Crippen LogP contribution in [-0.2, 0) is 4.74 Å². The average molecular weight is 208 g/mol. The van der Waals surface area contributed by atoms with E-state index in [1.54, 1.807) is 13.8 Å². The fourth-order valence-electron chi connectivity index (χ4n) is 1.40. The van der Waals surface area contributed by atoms with Gasteiger partial charge in [-0.1, -0.05) is 17.7 Å². The van der Waals surface area contributed by atoms with Gasteiger partial charge in [0.05, 0.1) is 5.60 Å². The molecule has 0 bridgehead atoms. The molecule has 0 spiro atoms. The lowest BCUT2D eigenvalue weighted by Gasteiger charge is -2.18. The van der Waals surface area contributed by atoms with E-state index in [0.29, 0.717) is 6.61 Å². The fourth-order valence-corrected chi connectivity index (χ4v) is 1.40. The molecule has 1 N–H and O–H groups in total. The first kappa shape index (κ1) is 12.1. The van der Waals surface area contributed by atoms with Crippen molar-refractivity contribution >= 4 is 0 Å². The quantitative estimate of drug-likeness (QED) is 0.772. The number of allylic oxidation sites excluding steroid dienone is 5. The van der Waals surface area contributed by atoms with Gasteiger partial charge in [-0.15, -0.1) is 0 Å². The minimum Gasteiger partial charge on any atom is -0.490 e. The van der Waals surface area contributed by atoms with E-state index in [2.05, 4.69) is 19.1 Å². The summed E-state index contributed by atoms with van der Waals surface area (Å²) in [6.45, 7) is 7.93. The predicted molar refractivity (Wildman–Crippen MR) is 62.5 cm³/mol. The molecule has 0 saturated heterocycles. The molecular weight excluding hydrogens is 188 g/mol. The highest BCUT2D eigenvalue weighted by Crippen LogP contribution is 2.19. The molecule has 1 rings (SSSR count). The number of hydrogen-bond donors (Lipinski definition) is 1. The van der Waals surface area contributed by atoms with Gasteiger partial charge in [0, 0.05) is 0 Å². The van der Waals surface area contributed by atoms with E-state index in [0.717, 1.165) is 17.8 Å². The Morgan fingerprint density at radius 2 is 2.07 bits per heavy atom. The van der Waals surface area contributed by atoms with Crippen LogP contribution in [0.25, 0.3) is 0 Å². The highest BCUT2D eigenvalue weighted by molar-refractivity contribution is 5.33. The molecule has 0 aromatic rings. The molecule has 84 valence electrons. The van der Waals surface area contributed by atoms with E-state index in [-0.39, 0.29) is 0 Å². The van der Waals surface area contributed by atoms with Crippen LogP contribution in [-0.4, -0.2) is 17.3 Å². The molecule has 2 nitrogen and oxygen atoms in total. The second-order valence-corrected chi connectivity index (χ2v) is 4.75. The monoisotopic (exact) mass is 208 g/mol. The Hall–Kier alpha value is -1.02. The molecule has 0 aliphatic heterocycles. The van der Waals surface area contributed by atoms with Gasteiger partial charge in [0.2, 0.25) is 0 Å². The highest BCUT2D eigenvalue weighted by atomic mass is 16.5. The van der Waals surface area contributed by atoms with E-state index in [1.807, 2.05) is 13.0 Å². The summed E-state index contributed by atoms with van der Waals surface area (Å²) in [7, 11) is 0. The first-order valence-corrected chi connectivity index (χ1v) is 5.28. The van der Waals surface area contributed by atoms with Crippen LogP contribution < -0.4 is 0 Å². The van der Waals surface area contributed by atoms with Crippen molar-refractivity contribution in [2.75, 3.05) is 6.61 Å². The summed E-state index contributed by atoms with van der Waals surface area (Å²) in [5, 5.41) is 9.57. The normalized spacial score (nSPS) is 17.5. The van der Waals surface area contributed by atoms with Gasteiger partial charge in [-0.25, -0.2) is 0 Å². The van der Waals surface area contributed by atoms with Gasteiger partial charge in [-0.3, -0.25) is 0 Å². The fraction of sp³-hybridized carbons (Fsp3) is 0.538. The smallest absolute Gasteiger partial charge is 0.122 e. The summed E-state index contributed by atoms with van der Waals surface area (Å²) >= 11 is 0. The van der Waals surface area contributed by atoms with Crippen LogP contribution in [0.3, 0.4) is 0 Å². The summed E-state index contributed by atoms with van der Waals surface area (Å²) in [6, 6.07) is 0. The van der Waals surface area contributed by atoms with Crippen molar-refractivity contribution in [2.24, 2.45) is 0 Å². The second kappa shape index (κ2) is 4.67. The first-order valence-electron chi connectivity index (χ1n) is 5.28. The van der Waals surface area contributed by atoms with Crippen LogP contribution in [0.15, 0.2) is 35.1 Å². The topological polar surface area (TPSA) is 29.5 Å². The zero-order valence-corrected chi connectivity index (χ0v) is 10.0. The zero-order chi connectivity index (χ0) is 11.5. The maximum atomic E-state index is 9.57. The van der Waals surface area contributed by atoms with E-state index in [4.69, 9.17) is 4.74 Å². The molecule has 0 atom stereocenters. The summed E-state index contributed by atoms with van der Waals surface area (Å²) in [6.07, 6.45) is 7.16. The van der Waals surface area contributed by atoms with Gasteiger partial charge >= 0.3 is 0 Å². The van der Waals surface area contributed by atoms with Crippen molar-refractivity contribution in [2.45, 2.75) is 39.7 Å². The molecule has 1 aliphatic carbocycles. The Labute approximate surface area is 92.0 Å². The van der Waals surface area contributed by atoms with Crippen LogP contribution in [0.4, 0.5) is 0 Å². The standard InChI is InChI=1S/C13H20O2/c1-10-6-5-7-12(11(2)8-10)15-9-13(3,4)14/h5,7-8,14H,6,9H2,1-4H3. The van der Waals surface area contributed by atoms with Crippen LogP contribution in [0.2, 0.25) is 0 Å². The van der Waals surface area contributed by atoms with Gasteiger partial charge in [0.15, 0.2) is 0 Å². The Balaban J connectivity index is 2.72. The first-order chi connectivity index (χ1) is 6.88. The van der Waals surface area contributed by atoms with Crippen molar-refractivity contribution in [3.05, 3.63) is 35.1 Å². The van der Waals surface area contributed by atoms with Crippen molar-refractivity contribution in [3.8, 4) is 0 Å². The Kier molecular flexibility index (Phi) is 3.75. The van der Waals surface area contributed by atoms with Crippen LogP contribution in [0, 0.1) is 0 Å². The number of rotatable bonds is 3. The van der Waals surface area contributed by atoms with Gasteiger partial charge < -0.3 is 9.84 Å². The maximum absolute atomic E-state index is 9.57. The molecule has 0 radical (unpaired) electrons. The van der Waals surface area contributed by atoms with Crippen molar-refractivity contribution in [3.63, 3.8) is 0 Å². The molecule has 1 aliphatic rings. The number of hydrogen-bond acceptors (Lipinski definition) is 2. The molecule has 0 aromatic carbocycles. The lowest BCUT2D eigenvalue weighted by Crippen LogP contribution is -2.25. The maximum Gasteiger partial charge on any atom is 0.122 e. The van der Waals surface area contributed by atoms with Crippen molar-refractivity contribution < 1.29 is 9.84 Å². The molecule has 0 fully saturated rings. The molecular formula is C13H20O2. The third-order valence-corrected chi connectivity index (χ3v) is 2.14. The minimum absolute atomic E-state index is 0.316. The second-order valence-electron chi connectivity index (χ2n) is 4.75. The average Bonchev–Trinajstić information content (AvgIpc) is 2.22. The molecule has 0 aromatic heterocycles. The number of ether oxygens (including phenoxy) is 1. The van der Waals surface area contributed by atoms with Crippen LogP contribution >= 0.6 is 0 Å². The third-order valence-electron chi connectivity index (χ3n) is 2.14. The van der Waals surface area contributed by atoms with Gasteiger partial charge in [-0.05, 0) is 45.8 Å². The SMILES string of the molecule is CC1=CC(C)=C(OCC(C)(C)O)C=CC1. The molecule has 0 unspecified atom stereocenters. The lowest BCUT2D eigenvalue weighted by molar-refractivity contribution is 0.00535.